The zero-order chi connectivity index (χ0) is 12.2. The first kappa shape index (κ1) is 16.1. The highest BCUT2D eigenvalue weighted by Gasteiger charge is 2.02. The number of likely N-dealkylation sites (N-methyl/N-ethyl adjacent to an activating group) is 1. The topological polar surface area (TPSA) is 30.9 Å². The summed E-state index contributed by atoms with van der Waals surface area (Å²) in [4.78, 5) is 2.16. The molecule has 1 unspecified atom stereocenters. The van der Waals surface area contributed by atoms with Crippen LogP contribution in [-0.2, 0) is 14.2 Å². The van der Waals surface area contributed by atoms with Crippen LogP contribution >= 0.6 is 11.6 Å². The van der Waals surface area contributed by atoms with Crippen molar-refractivity contribution in [2.75, 3.05) is 60.3 Å². The molecule has 0 heterocycles. The first-order chi connectivity index (χ1) is 7.66. The summed E-state index contributed by atoms with van der Waals surface area (Å²) in [5.41, 5.74) is 0. The third-order valence-electron chi connectivity index (χ3n) is 1.98. The highest BCUT2D eigenvalue weighted by atomic mass is 35.5. The molecule has 0 bridgehead atoms. The fraction of sp³-hybridized carbons (Fsp3) is 1.00. The highest BCUT2D eigenvalue weighted by Crippen LogP contribution is 1.95. The summed E-state index contributed by atoms with van der Waals surface area (Å²) < 4.78 is 15.5. The van der Waals surface area contributed by atoms with Crippen LogP contribution in [0.15, 0.2) is 0 Å². The maximum Gasteiger partial charge on any atom is 0.0701 e. The first-order valence-corrected chi connectivity index (χ1v) is 6.07. The molecule has 0 fully saturated rings. The van der Waals surface area contributed by atoms with Crippen molar-refractivity contribution in [1.29, 1.82) is 0 Å². The predicted molar refractivity (Wildman–Crippen MR) is 66.3 cm³/mol. The van der Waals surface area contributed by atoms with Crippen molar-refractivity contribution in [3.8, 4) is 0 Å². The van der Waals surface area contributed by atoms with Crippen molar-refractivity contribution in [3.63, 3.8) is 0 Å². The Kier molecular flexibility index (Phi) is 11.7. The van der Waals surface area contributed by atoms with E-state index in [1.165, 1.54) is 0 Å². The molecule has 0 aliphatic heterocycles. The molecule has 4 nitrogen and oxygen atoms in total. The molecule has 98 valence electrons. The SMILES string of the molecule is COCCOCCOCCN(C)CC(C)Cl. The van der Waals surface area contributed by atoms with Crippen LogP contribution in [0.4, 0.5) is 0 Å². The number of hydrogen-bond acceptors (Lipinski definition) is 4. The molecule has 0 aromatic rings. The van der Waals surface area contributed by atoms with Gasteiger partial charge in [0.15, 0.2) is 0 Å². The number of ether oxygens (including phenoxy) is 3. The van der Waals surface area contributed by atoms with E-state index in [1.807, 2.05) is 14.0 Å². The van der Waals surface area contributed by atoms with E-state index < -0.39 is 0 Å². The molecular formula is C11H24ClNO3. The molecule has 0 spiro atoms. The number of halogens is 1. The van der Waals surface area contributed by atoms with E-state index in [9.17, 15) is 0 Å². The minimum absolute atomic E-state index is 0.183. The van der Waals surface area contributed by atoms with Crippen molar-refractivity contribution in [2.24, 2.45) is 0 Å². The van der Waals surface area contributed by atoms with Gasteiger partial charge in [-0.3, -0.25) is 0 Å². The lowest BCUT2D eigenvalue weighted by atomic mass is 10.4. The molecule has 0 aliphatic carbocycles. The summed E-state index contributed by atoms with van der Waals surface area (Å²) in [6, 6.07) is 0. The number of hydrogen-bond donors (Lipinski definition) is 0. The summed E-state index contributed by atoms with van der Waals surface area (Å²) in [5, 5.41) is 0.183. The van der Waals surface area contributed by atoms with Crippen LogP contribution in [0.2, 0.25) is 0 Å². The van der Waals surface area contributed by atoms with Gasteiger partial charge < -0.3 is 19.1 Å². The van der Waals surface area contributed by atoms with Gasteiger partial charge >= 0.3 is 0 Å². The standard InChI is InChI=1S/C11H24ClNO3/c1-11(12)10-13(2)4-5-15-8-9-16-7-6-14-3/h11H,4-10H2,1-3H3. The Bertz CT molecular complexity index is 147. The number of methoxy groups -OCH3 is 1. The minimum Gasteiger partial charge on any atom is -0.382 e. The largest absolute Gasteiger partial charge is 0.382 e. The Balaban J connectivity index is 3.08. The average Bonchev–Trinajstić information content (AvgIpc) is 2.21. The lowest BCUT2D eigenvalue weighted by molar-refractivity contribution is 0.0209. The monoisotopic (exact) mass is 253 g/mol. The second-order valence-electron chi connectivity index (χ2n) is 3.76. The van der Waals surface area contributed by atoms with Gasteiger partial charge in [0.25, 0.3) is 0 Å². The average molecular weight is 254 g/mol. The van der Waals surface area contributed by atoms with Crippen molar-refractivity contribution < 1.29 is 14.2 Å². The van der Waals surface area contributed by atoms with Gasteiger partial charge in [-0.2, -0.15) is 0 Å². The third-order valence-corrected chi connectivity index (χ3v) is 2.12. The van der Waals surface area contributed by atoms with Gasteiger partial charge in [-0.15, -0.1) is 11.6 Å². The minimum atomic E-state index is 0.183. The lowest BCUT2D eigenvalue weighted by Gasteiger charge is -2.17. The Hall–Kier alpha value is 0.130. The molecule has 5 heteroatoms. The second kappa shape index (κ2) is 11.6. The van der Waals surface area contributed by atoms with Gasteiger partial charge in [0.05, 0.1) is 33.0 Å². The molecule has 0 aromatic carbocycles. The fourth-order valence-corrected chi connectivity index (χ4v) is 1.44. The molecule has 0 saturated carbocycles. The van der Waals surface area contributed by atoms with Gasteiger partial charge in [0, 0.05) is 25.6 Å². The maximum absolute atomic E-state index is 5.87. The van der Waals surface area contributed by atoms with E-state index in [2.05, 4.69) is 4.90 Å². The van der Waals surface area contributed by atoms with Crippen LogP contribution in [-0.4, -0.2) is 70.6 Å². The lowest BCUT2D eigenvalue weighted by Crippen LogP contribution is -2.28. The third kappa shape index (κ3) is 12.2. The highest BCUT2D eigenvalue weighted by molar-refractivity contribution is 6.20. The molecule has 0 N–H and O–H groups in total. The smallest absolute Gasteiger partial charge is 0.0701 e. The van der Waals surface area contributed by atoms with Crippen LogP contribution in [0.5, 0.6) is 0 Å². The van der Waals surface area contributed by atoms with E-state index in [4.69, 9.17) is 25.8 Å². The van der Waals surface area contributed by atoms with E-state index in [1.54, 1.807) is 7.11 Å². The Morgan fingerprint density at radius 1 is 1.06 bits per heavy atom. The van der Waals surface area contributed by atoms with Gasteiger partial charge in [0.2, 0.25) is 0 Å². The zero-order valence-corrected chi connectivity index (χ0v) is 11.3. The Morgan fingerprint density at radius 3 is 2.19 bits per heavy atom. The number of alkyl halides is 1. The molecule has 0 amide bonds. The molecule has 1 atom stereocenters. The summed E-state index contributed by atoms with van der Waals surface area (Å²) in [7, 11) is 3.70. The Labute approximate surface area is 104 Å². The second-order valence-corrected chi connectivity index (χ2v) is 4.51. The molecular weight excluding hydrogens is 230 g/mol. The molecule has 0 rings (SSSR count). The van der Waals surface area contributed by atoms with Gasteiger partial charge in [-0.1, -0.05) is 0 Å². The summed E-state index contributed by atoms with van der Waals surface area (Å²) >= 11 is 5.87. The Morgan fingerprint density at radius 2 is 1.62 bits per heavy atom. The number of rotatable bonds is 11. The molecule has 0 saturated heterocycles. The van der Waals surface area contributed by atoms with E-state index in [0.717, 1.165) is 13.1 Å². The maximum atomic E-state index is 5.87. The first-order valence-electron chi connectivity index (χ1n) is 5.64. The van der Waals surface area contributed by atoms with E-state index in [-0.39, 0.29) is 5.38 Å². The van der Waals surface area contributed by atoms with Crippen LogP contribution in [0, 0.1) is 0 Å². The predicted octanol–water partition coefficient (Wildman–Crippen LogP) is 1.23. The van der Waals surface area contributed by atoms with Gasteiger partial charge in [-0.05, 0) is 14.0 Å². The zero-order valence-electron chi connectivity index (χ0n) is 10.6. The summed E-state index contributed by atoms with van der Waals surface area (Å²) in [6.45, 7) is 7.01. The number of nitrogens with zero attached hydrogens (tertiary/aromatic N) is 1. The van der Waals surface area contributed by atoms with Crippen LogP contribution < -0.4 is 0 Å². The summed E-state index contributed by atoms with van der Waals surface area (Å²) in [5.74, 6) is 0. The van der Waals surface area contributed by atoms with Crippen LogP contribution in [0.25, 0.3) is 0 Å². The van der Waals surface area contributed by atoms with Crippen molar-refractivity contribution >= 4 is 11.6 Å². The van der Waals surface area contributed by atoms with E-state index >= 15 is 0 Å². The molecule has 0 aromatic heterocycles. The van der Waals surface area contributed by atoms with E-state index in [0.29, 0.717) is 33.0 Å². The fourth-order valence-electron chi connectivity index (χ4n) is 1.21. The normalized spacial score (nSPS) is 13.3. The van der Waals surface area contributed by atoms with Gasteiger partial charge in [0.1, 0.15) is 0 Å². The summed E-state index contributed by atoms with van der Waals surface area (Å²) in [6.07, 6.45) is 0. The quantitative estimate of drug-likeness (QED) is 0.409. The van der Waals surface area contributed by atoms with Crippen molar-refractivity contribution in [2.45, 2.75) is 12.3 Å². The van der Waals surface area contributed by atoms with Gasteiger partial charge in [-0.25, -0.2) is 0 Å². The van der Waals surface area contributed by atoms with Crippen LogP contribution in [0.3, 0.4) is 0 Å². The van der Waals surface area contributed by atoms with Crippen molar-refractivity contribution in [1.82, 2.24) is 4.90 Å². The molecule has 0 radical (unpaired) electrons. The van der Waals surface area contributed by atoms with Crippen molar-refractivity contribution in [3.05, 3.63) is 0 Å². The molecule has 0 aliphatic rings. The van der Waals surface area contributed by atoms with Crippen LogP contribution in [0.1, 0.15) is 6.92 Å². The molecule has 16 heavy (non-hydrogen) atoms.